The molecule has 0 aliphatic carbocycles. The number of carbonyl (C=O) groups is 3. The van der Waals surface area contributed by atoms with Crippen LogP contribution in [0.1, 0.15) is 31.1 Å². The number of amides is 1. The van der Waals surface area contributed by atoms with Gasteiger partial charge >= 0.3 is 5.97 Å². The maximum atomic E-state index is 12.9. The number of halogens is 4. The van der Waals surface area contributed by atoms with Crippen LogP contribution in [0.25, 0.3) is 0 Å². The van der Waals surface area contributed by atoms with Gasteiger partial charge in [0.15, 0.2) is 5.78 Å². The van der Waals surface area contributed by atoms with Crippen LogP contribution in [0.2, 0.25) is 20.1 Å². The quantitative estimate of drug-likeness (QED) is 0.146. The van der Waals surface area contributed by atoms with Crippen LogP contribution >= 0.6 is 58.2 Å². The molecule has 1 amide bonds. The van der Waals surface area contributed by atoms with Gasteiger partial charge in [0.25, 0.3) is 5.91 Å². The Bertz CT molecular complexity index is 1220. The first kappa shape index (κ1) is 24.4. The number of hydrogen-bond acceptors (Lipinski definition) is 4. The fraction of sp³-hybridized carbons (Fsp3) is 0.0455. The third-order valence-electron chi connectivity index (χ3n) is 4.27. The van der Waals surface area contributed by atoms with Crippen molar-refractivity contribution < 1.29 is 19.5 Å². The average Bonchev–Trinajstić information content (AvgIpc) is 2.78. The molecule has 3 aromatic rings. The molecule has 0 spiro atoms. The molecule has 3 aromatic carbocycles. The van der Waals surface area contributed by atoms with Crippen LogP contribution in [0.3, 0.4) is 0 Å². The summed E-state index contributed by atoms with van der Waals surface area (Å²) < 4.78 is 0. The van der Waals surface area contributed by atoms with Crippen LogP contribution < -0.4 is 5.32 Å². The molecular weight excluding hydrogens is 516 g/mol. The van der Waals surface area contributed by atoms with E-state index in [0.717, 1.165) is 4.90 Å². The van der Waals surface area contributed by atoms with E-state index in [-0.39, 0.29) is 31.6 Å². The van der Waals surface area contributed by atoms with Crippen molar-refractivity contribution in [2.45, 2.75) is 4.90 Å². The summed E-state index contributed by atoms with van der Waals surface area (Å²) in [6, 6.07) is 15.6. The molecule has 0 fully saturated rings. The summed E-state index contributed by atoms with van der Waals surface area (Å²) in [6.45, 7) is 0. The van der Waals surface area contributed by atoms with Crippen LogP contribution in [-0.4, -0.2) is 28.5 Å². The number of hydrogen-bond donors (Lipinski definition) is 2. The second kappa shape index (κ2) is 10.6. The van der Waals surface area contributed by atoms with Crippen LogP contribution in [0.4, 0.5) is 5.69 Å². The van der Waals surface area contributed by atoms with E-state index in [9.17, 15) is 19.5 Å². The fourth-order valence-corrected chi connectivity index (χ4v) is 4.63. The van der Waals surface area contributed by atoms with Crippen molar-refractivity contribution >= 4 is 81.5 Å². The van der Waals surface area contributed by atoms with E-state index < -0.39 is 23.0 Å². The van der Waals surface area contributed by atoms with E-state index in [4.69, 9.17) is 46.4 Å². The zero-order chi connectivity index (χ0) is 23.4. The Morgan fingerprint density at radius 3 is 2.06 bits per heavy atom. The number of ketones is 1. The highest BCUT2D eigenvalue weighted by atomic mass is 35.5. The van der Waals surface area contributed by atoms with Gasteiger partial charge in [-0.25, -0.2) is 4.79 Å². The van der Waals surface area contributed by atoms with Crippen molar-refractivity contribution in [3.05, 3.63) is 91.4 Å². The molecule has 5 nitrogen and oxygen atoms in total. The van der Waals surface area contributed by atoms with Crippen molar-refractivity contribution in [1.29, 1.82) is 0 Å². The fourth-order valence-electron chi connectivity index (χ4n) is 2.76. The maximum absolute atomic E-state index is 12.9. The van der Waals surface area contributed by atoms with Gasteiger partial charge in [-0.1, -0.05) is 82.8 Å². The molecule has 164 valence electrons. The molecule has 0 aromatic heterocycles. The van der Waals surface area contributed by atoms with Crippen LogP contribution in [0.5, 0.6) is 0 Å². The number of anilines is 1. The molecule has 3 rings (SSSR count). The number of Topliss-reactive ketones (excluding diaryl/α,β-unsaturated/α-hetero) is 1. The maximum Gasteiger partial charge on any atom is 0.338 e. The summed E-state index contributed by atoms with van der Waals surface area (Å²) in [5.41, 5.74) is 0.0111. The Kier molecular flexibility index (Phi) is 8.09. The summed E-state index contributed by atoms with van der Waals surface area (Å²) in [6.07, 6.45) is 0. The largest absolute Gasteiger partial charge is 0.478 e. The zero-order valence-corrected chi connectivity index (χ0v) is 19.8. The Morgan fingerprint density at radius 2 is 1.44 bits per heavy atom. The molecule has 2 N–H and O–H groups in total. The Morgan fingerprint density at radius 1 is 0.812 bits per heavy atom. The van der Waals surface area contributed by atoms with Crippen molar-refractivity contribution in [2.24, 2.45) is 0 Å². The van der Waals surface area contributed by atoms with Crippen molar-refractivity contribution in [1.82, 2.24) is 0 Å². The number of carboxylic acids is 1. The standard InChI is InChI=1S/C22H13Cl4NO4S/c23-17-15(16(22(30)31)18(24)20(26)19(17)25)21(29)27-12-7-4-8-13(9-12)32-10-14(28)11-5-2-1-3-6-11/h1-9H,10H2,(H,27,29)(H,30,31). The number of aromatic carboxylic acids is 1. The molecule has 32 heavy (non-hydrogen) atoms. The van der Waals surface area contributed by atoms with Crippen molar-refractivity contribution in [3.63, 3.8) is 0 Å². The van der Waals surface area contributed by atoms with E-state index in [1.165, 1.54) is 11.8 Å². The normalized spacial score (nSPS) is 10.6. The molecule has 0 heterocycles. The van der Waals surface area contributed by atoms with Crippen molar-refractivity contribution in [2.75, 3.05) is 11.1 Å². The molecule has 0 saturated carbocycles. The summed E-state index contributed by atoms with van der Waals surface area (Å²) in [4.78, 5) is 37.6. The van der Waals surface area contributed by atoms with Gasteiger partial charge in [0, 0.05) is 16.1 Å². The molecule has 0 aliphatic rings. The monoisotopic (exact) mass is 527 g/mol. The van der Waals surface area contributed by atoms with Gasteiger partial charge in [-0.15, -0.1) is 11.8 Å². The number of nitrogens with one attached hydrogen (secondary N) is 1. The van der Waals surface area contributed by atoms with E-state index in [1.807, 2.05) is 6.07 Å². The molecule has 0 bridgehead atoms. The number of rotatable bonds is 7. The van der Waals surface area contributed by atoms with Gasteiger partial charge in [-0.05, 0) is 18.2 Å². The highest BCUT2D eigenvalue weighted by Gasteiger charge is 2.29. The SMILES string of the molecule is O=C(CSc1cccc(NC(=O)c2c(Cl)c(Cl)c(Cl)c(Cl)c2C(=O)O)c1)c1ccccc1. The van der Waals surface area contributed by atoms with E-state index in [0.29, 0.717) is 11.3 Å². The van der Waals surface area contributed by atoms with Gasteiger partial charge in [-0.2, -0.15) is 0 Å². The summed E-state index contributed by atoms with van der Waals surface area (Å²) in [5.74, 6) is -2.13. The lowest BCUT2D eigenvalue weighted by Crippen LogP contribution is -2.18. The second-order valence-electron chi connectivity index (χ2n) is 6.37. The third-order valence-corrected chi connectivity index (χ3v) is 7.06. The molecule has 0 radical (unpaired) electrons. The topological polar surface area (TPSA) is 83.5 Å². The molecule has 0 aliphatic heterocycles. The highest BCUT2D eigenvalue weighted by Crippen LogP contribution is 2.41. The summed E-state index contributed by atoms with van der Waals surface area (Å²) >= 11 is 25.3. The highest BCUT2D eigenvalue weighted by molar-refractivity contribution is 8.00. The lowest BCUT2D eigenvalue weighted by Gasteiger charge is -2.14. The van der Waals surface area contributed by atoms with Crippen LogP contribution in [0, 0.1) is 0 Å². The number of thioether (sulfide) groups is 1. The number of benzene rings is 3. The second-order valence-corrected chi connectivity index (χ2v) is 8.93. The predicted octanol–water partition coefficient (Wildman–Crippen LogP) is 7.23. The minimum absolute atomic E-state index is 0.0339. The number of carboxylic acid groups (broad SMARTS) is 1. The van der Waals surface area contributed by atoms with Gasteiger partial charge in [0.2, 0.25) is 0 Å². The van der Waals surface area contributed by atoms with Gasteiger partial charge in [0.05, 0.1) is 37.0 Å². The van der Waals surface area contributed by atoms with Gasteiger partial charge in [0.1, 0.15) is 0 Å². The van der Waals surface area contributed by atoms with E-state index >= 15 is 0 Å². The third kappa shape index (κ3) is 5.39. The Balaban J connectivity index is 1.81. The first-order chi connectivity index (χ1) is 15.2. The lowest BCUT2D eigenvalue weighted by molar-refractivity contribution is 0.0692. The molecule has 10 heteroatoms. The molecule has 0 unspecified atom stereocenters. The molecule has 0 atom stereocenters. The lowest BCUT2D eigenvalue weighted by atomic mass is 10.1. The zero-order valence-electron chi connectivity index (χ0n) is 16.0. The van der Waals surface area contributed by atoms with Gasteiger partial charge < -0.3 is 10.4 Å². The van der Waals surface area contributed by atoms with Crippen molar-refractivity contribution in [3.8, 4) is 0 Å². The first-order valence-electron chi connectivity index (χ1n) is 8.92. The first-order valence-corrected chi connectivity index (χ1v) is 11.4. The van der Waals surface area contributed by atoms with Gasteiger partial charge in [-0.3, -0.25) is 9.59 Å². The van der Waals surface area contributed by atoms with Crippen LogP contribution in [0.15, 0.2) is 59.5 Å². The Hall–Kier alpha value is -2.22. The predicted molar refractivity (Wildman–Crippen MR) is 129 cm³/mol. The summed E-state index contributed by atoms with van der Waals surface area (Å²) in [7, 11) is 0. The number of carbonyl (C=O) groups excluding carboxylic acids is 2. The molecule has 0 saturated heterocycles. The van der Waals surface area contributed by atoms with Crippen LogP contribution in [-0.2, 0) is 0 Å². The minimum Gasteiger partial charge on any atom is -0.478 e. The molecular formula is C22H13Cl4NO4S. The summed E-state index contributed by atoms with van der Waals surface area (Å²) in [5, 5.41) is 10.9. The average molecular weight is 529 g/mol. The van der Waals surface area contributed by atoms with E-state index in [1.54, 1.807) is 48.5 Å². The minimum atomic E-state index is -1.48. The Labute approximate surface area is 207 Å². The smallest absolute Gasteiger partial charge is 0.338 e. The van der Waals surface area contributed by atoms with E-state index in [2.05, 4.69) is 5.32 Å².